The summed E-state index contributed by atoms with van der Waals surface area (Å²) in [5.41, 5.74) is 7.60. The first-order valence-electron chi connectivity index (χ1n) is 15.5. The van der Waals surface area contributed by atoms with E-state index in [0.717, 1.165) is 53.5 Å². The minimum absolute atomic E-state index is 0.0162. The maximum Gasteiger partial charge on any atom is 0.261 e. The molecular weight excluding hydrogens is 544 g/mol. The van der Waals surface area contributed by atoms with Gasteiger partial charge in [0.25, 0.3) is 5.92 Å². The molecule has 2 N–H and O–H groups in total. The van der Waals surface area contributed by atoms with Gasteiger partial charge >= 0.3 is 0 Å². The van der Waals surface area contributed by atoms with Crippen molar-refractivity contribution in [1.29, 1.82) is 0 Å². The fourth-order valence-corrected chi connectivity index (χ4v) is 6.95. The van der Waals surface area contributed by atoms with Crippen molar-refractivity contribution >= 4 is 17.2 Å². The van der Waals surface area contributed by atoms with E-state index in [1.165, 1.54) is 17.5 Å². The van der Waals surface area contributed by atoms with Gasteiger partial charge in [0, 0.05) is 62.7 Å². The van der Waals surface area contributed by atoms with Crippen LogP contribution in [0.5, 0.6) is 0 Å². The lowest BCUT2D eigenvalue weighted by atomic mass is 9.62. The number of nitrogens with zero attached hydrogens (tertiary/aromatic N) is 5. The summed E-state index contributed by atoms with van der Waals surface area (Å²) in [4.78, 5) is 18.3. The second-order valence-electron chi connectivity index (χ2n) is 13.0. The van der Waals surface area contributed by atoms with Gasteiger partial charge in [-0.15, -0.1) is 0 Å². The number of hydrogen-bond acceptors (Lipinski definition) is 7. The third-order valence-electron chi connectivity index (χ3n) is 9.19. The van der Waals surface area contributed by atoms with Crippen molar-refractivity contribution in [3.63, 3.8) is 0 Å². The molecule has 0 amide bonds. The van der Waals surface area contributed by atoms with Crippen LogP contribution in [0.25, 0.3) is 11.1 Å². The van der Waals surface area contributed by atoms with Crippen LogP contribution in [0.2, 0.25) is 0 Å². The van der Waals surface area contributed by atoms with Gasteiger partial charge < -0.3 is 15.5 Å². The summed E-state index contributed by atoms with van der Waals surface area (Å²) in [7, 11) is 4.12. The first kappa shape index (κ1) is 29.6. The Morgan fingerprint density at radius 2 is 1.95 bits per heavy atom. The Hall–Kier alpha value is -3.43. The van der Waals surface area contributed by atoms with Crippen LogP contribution in [-0.4, -0.2) is 84.3 Å². The fraction of sp³-hybridized carbons (Fsp3) is 0.500. The number of pyridine rings is 2. The zero-order valence-corrected chi connectivity index (χ0v) is 25.7. The highest BCUT2D eigenvalue weighted by atomic mass is 19.3. The molecule has 7 nitrogen and oxygen atoms in total. The van der Waals surface area contributed by atoms with Crippen LogP contribution in [0.15, 0.2) is 60.0 Å². The van der Waals surface area contributed by atoms with Crippen LogP contribution in [0, 0.1) is 11.8 Å². The molecule has 1 saturated carbocycles. The van der Waals surface area contributed by atoms with E-state index >= 15 is 0 Å². The Morgan fingerprint density at radius 3 is 2.67 bits per heavy atom. The SMILES string of the molecule is CC(Nc1ccc(NCCN(C)C)nc1)C1=NCC2CC(C)C2c2ccc(-c3cncc(CN4CCC(F)(F)C4)c3)cc21. The van der Waals surface area contributed by atoms with Crippen LogP contribution in [0.4, 0.5) is 20.3 Å². The number of hydrogen-bond donors (Lipinski definition) is 2. The van der Waals surface area contributed by atoms with Crippen molar-refractivity contribution in [3.05, 3.63) is 71.7 Å². The van der Waals surface area contributed by atoms with Gasteiger partial charge in [0.15, 0.2) is 0 Å². The molecule has 43 heavy (non-hydrogen) atoms. The summed E-state index contributed by atoms with van der Waals surface area (Å²) in [6, 6.07) is 12.9. The number of likely N-dealkylation sites (tertiary alicyclic amines) is 1. The fourth-order valence-electron chi connectivity index (χ4n) is 6.95. The minimum Gasteiger partial charge on any atom is -0.376 e. The topological polar surface area (TPSA) is 68.7 Å². The average Bonchev–Trinajstić information content (AvgIpc) is 3.24. The Bertz CT molecular complexity index is 1460. The highest BCUT2D eigenvalue weighted by Crippen LogP contribution is 2.50. The molecule has 2 aromatic heterocycles. The molecular formula is C34H43F2N7. The standard InChI is InChI=1S/C34H43F2N7/c1-22-13-27-18-40-33(23(2)41-28-6-8-31(39-19-28)38-10-12-42(3)4)30-15-25(5-7-29(30)32(22)27)26-14-24(16-37-17-26)20-43-11-9-34(35,36)21-43/h5-8,14-17,19,22-23,27,32,41H,9-13,18,20-21H2,1-4H3,(H,38,39). The molecule has 6 rings (SSSR count). The van der Waals surface area contributed by atoms with Crippen LogP contribution >= 0.6 is 0 Å². The molecule has 1 aromatic carbocycles. The summed E-state index contributed by atoms with van der Waals surface area (Å²) in [5, 5.41) is 7.02. The maximum atomic E-state index is 13.8. The lowest BCUT2D eigenvalue weighted by Crippen LogP contribution is -2.34. The second-order valence-corrected chi connectivity index (χ2v) is 13.0. The average molecular weight is 588 g/mol. The zero-order valence-electron chi connectivity index (χ0n) is 25.7. The summed E-state index contributed by atoms with van der Waals surface area (Å²) in [5.74, 6) is -0.0237. The van der Waals surface area contributed by atoms with Crippen LogP contribution in [-0.2, 0) is 6.54 Å². The minimum atomic E-state index is -2.60. The monoisotopic (exact) mass is 587 g/mol. The number of halogens is 2. The highest BCUT2D eigenvalue weighted by Gasteiger charge is 2.42. The molecule has 3 aliphatic rings. The normalized spacial score (nSPS) is 23.5. The van der Waals surface area contributed by atoms with Crippen molar-refractivity contribution in [2.75, 3.05) is 57.5 Å². The Balaban J connectivity index is 1.23. The molecule has 3 aromatic rings. The molecule has 4 heterocycles. The van der Waals surface area contributed by atoms with Gasteiger partial charge in [-0.2, -0.15) is 0 Å². The largest absolute Gasteiger partial charge is 0.376 e. The Morgan fingerprint density at radius 1 is 1.09 bits per heavy atom. The molecule has 0 bridgehead atoms. The van der Waals surface area contributed by atoms with Gasteiger partial charge in [-0.1, -0.05) is 19.1 Å². The Kier molecular flexibility index (Phi) is 8.47. The van der Waals surface area contributed by atoms with E-state index < -0.39 is 5.92 Å². The van der Waals surface area contributed by atoms with E-state index in [0.29, 0.717) is 30.8 Å². The molecule has 9 heteroatoms. The molecule has 1 saturated heterocycles. The van der Waals surface area contributed by atoms with Crippen molar-refractivity contribution < 1.29 is 8.78 Å². The lowest BCUT2D eigenvalue weighted by molar-refractivity contribution is 0.0115. The van der Waals surface area contributed by atoms with Crippen LogP contribution in [0.1, 0.15) is 49.3 Å². The number of rotatable bonds is 10. The van der Waals surface area contributed by atoms with Gasteiger partial charge in [-0.05, 0) is 86.1 Å². The van der Waals surface area contributed by atoms with E-state index in [2.05, 4.69) is 83.8 Å². The van der Waals surface area contributed by atoms with E-state index in [4.69, 9.17) is 4.99 Å². The number of nitrogens with one attached hydrogen (secondary N) is 2. The summed E-state index contributed by atoms with van der Waals surface area (Å²) in [6.07, 6.45) is 6.67. The van der Waals surface area contributed by atoms with Crippen molar-refractivity contribution in [2.45, 2.75) is 51.1 Å². The third kappa shape index (κ3) is 6.73. The molecule has 4 atom stereocenters. The number of fused-ring (bicyclic) bond motifs is 3. The number of aromatic nitrogens is 2. The second kappa shape index (κ2) is 12.3. The lowest BCUT2D eigenvalue weighted by Gasteiger charge is -2.42. The summed E-state index contributed by atoms with van der Waals surface area (Å²) in [6.45, 7) is 7.84. The smallest absolute Gasteiger partial charge is 0.261 e. The molecule has 0 radical (unpaired) electrons. The van der Waals surface area contributed by atoms with Crippen molar-refractivity contribution in [1.82, 2.24) is 19.8 Å². The first-order valence-corrected chi connectivity index (χ1v) is 15.5. The molecule has 228 valence electrons. The molecule has 2 fully saturated rings. The maximum absolute atomic E-state index is 13.8. The van der Waals surface area contributed by atoms with Crippen molar-refractivity contribution in [2.24, 2.45) is 16.8 Å². The zero-order chi connectivity index (χ0) is 30.1. The summed E-state index contributed by atoms with van der Waals surface area (Å²) < 4.78 is 27.5. The number of aliphatic imine (C=N–C) groups is 1. The quantitative estimate of drug-likeness (QED) is 0.303. The van der Waals surface area contributed by atoms with Gasteiger partial charge in [0.1, 0.15) is 5.82 Å². The van der Waals surface area contributed by atoms with E-state index in [1.54, 1.807) is 6.20 Å². The van der Waals surface area contributed by atoms with Gasteiger partial charge in [0.2, 0.25) is 0 Å². The van der Waals surface area contributed by atoms with E-state index in [-0.39, 0.29) is 19.0 Å². The predicted molar refractivity (Wildman–Crippen MR) is 170 cm³/mol. The highest BCUT2D eigenvalue weighted by molar-refractivity contribution is 6.08. The third-order valence-corrected chi connectivity index (χ3v) is 9.19. The molecule has 4 unspecified atom stereocenters. The predicted octanol–water partition coefficient (Wildman–Crippen LogP) is 6.00. The first-order chi connectivity index (χ1) is 20.6. The van der Waals surface area contributed by atoms with Gasteiger partial charge in [0.05, 0.1) is 30.2 Å². The van der Waals surface area contributed by atoms with Crippen LogP contribution < -0.4 is 10.6 Å². The number of anilines is 2. The Labute approximate surface area is 253 Å². The van der Waals surface area contributed by atoms with E-state index in [1.807, 2.05) is 23.4 Å². The number of likely N-dealkylation sites (N-methyl/N-ethyl adjacent to an activating group) is 1. The molecule has 1 aliphatic carbocycles. The molecule has 0 spiro atoms. The van der Waals surface area contributed by atoms with Crippen LogP contribution in [0.3, 0.4) is 0 Å². The number of alkyl halides is 2. The summed E-state index contributed by atoms with van der Waals surface area (Å²) >= 11 is 0. The van der Waals surface area contributed by atoms with E-state index in [9.17, 15) is 8.78 Å². The number of benzene rings is 1. The van der Waals surface area contributed by atoms with Crippen molar-refractivity contribution in [3.8, 4) is 11.1 Å². The molecule has 2 aliphatic heterocycles. The van der Waals surface area contributed by atoms with Gasteiger partial charge in [-0.25, -0.2) is 13.8 Å². The van der Waals surface area contributed by atoms with Gasteiger partial charge in [-0.3, -0.25) is 14.9 Å².